The molecule has 0 fully saturated rings. The minimum absolute atomic E-state index is 0.00243. The quantitative estimate of drug-likeness (QED) is 0.693. The average Bonchev–Trinajstić information content (AvgIpc) is 2.73. The standard InChI is InChI=1S/C13H23NO4/c1-10-4-5-13(18-10)7-14-6-12(15)9-17-11(2)8-16-3/h4-5,11-12,14-15H,6-9H2,1-3H3. The summed E-state index contributed by atoms with van der Waals surface area (Å²) >= 11 is 0. The van der Waals surface area contributed by atoms with Gasteiger partial charge in [0.15, 0.2) is 0 Å². The molecule has 1 aromatic rings. The Bertz CT molecular complexity index is 327. The van der Waals surface area contributed by atoms with Crippen molar-refractivity contribution >= 4 is 0 Å². The second-order valence-electron chi connectivity index (χ2n) is 4.40. The van der Waals surface area contributed by atoms with E-state index >= 15 is 0 Å². The molecule has 5 heteroatoms. The van der Waals surface area contributed by atoms with Crippen LogP contribution < -0.4 is 5.32 Å². The van der Waals surface area contributed by atoms with Crippen molar-refractivity contribution < 1.29 is 19.0 Å². The molecule has 0 aliphatic rings. The van der Waals surface area contributed by atoms with E-state index in [0.29, 0.717) is 26.3 Å². The Morgan fingerprint density at radius 1 is 1.39 bits per heavy atom. The predicted octanol–water partition coefficient (Wildman–Crippen LogP) is 1.09. The normalized spacial score (nSPS) is 14.7. The van der Waals surface area contributed by atoms with Gasteiger partial charge in [-0.1, -0.05) is 0 Å². The molecule has 1 rings (SSSR count). The maximum Gasteiger partial charge on any atom is 0.117 e. The SMILES string of the molecule is COCC(C)OCC(O)CNCc1ccc(C)o1. The molecule has 18 heavy (non-hydrogen) atoms. The number of aliphatic hydroxyl groups is 1. The van der Waals surface area contributed by atoms with E-state index in [1.165, 1.54) is 0 Å². The highest BCUT2D eigenvalue weighted by atomic mass is 16.5. The van der Waals surface area contributed by atoms with Crippen LogP contribution >= 0.6 is 0 Å². The first-order valence-corrected chi connectivity index (χ1v) is 6.16. The summed E-state index contributed by atoms with van der Waals surface area (Å²) in [5.41, 5.74) is 0. The molecule has 5 nitrogen and oxygen atoms in total. The van der Waals surface area contributed by atoms with Crippen LogP contribution in [0.4, 0.5) is 0 Å². The van der Waals surface area contributed by atoms with Gasteiger partial charge in [-0.15, -0.1) is 0 Å². The van der Waals surface area contributed by atoms with Crippen molar-refractivity contribution in [2.45, 2.75) is 32.6 Å². The maximum atomic E-state index is 9.69. The highest BCUT2D eigenvalue weighted by Gasteiger charge is 2.08. The van der Waals surface area contributed by atoms with Gasteiger partial charge < -0.3 is 24.3 Å². The smallest absolute Gasteiger partial charge is 0.117 e. The van der Waals surface area contributed by atoms with Gasteiger partial charge >= 0.3 is 0 Å². The molecule has 2 N–H and O–H groups in total. The van der Waals surface area contributed by atoms with E-state index < -0.39 is 6.10 Å². The highest BCUT2D eigenvalue weighted by Crippen LogP contribution is 2.05. The third-order valence-electron chi connectivity index (χ3n) is 2.45. The van der Waals surface area contributed by atoms with E-state index in [4.69, 9.17) is 13.9 Å². The van der Waals surface area contributed by atoms with E-state index in [2.05, 4.69) is 5.32 Å². The lowest BCUT2D eigenvalue weighted by Gasteiger charge is -2.16. The van der Waals surface area contributed by atoms with Gasteiger partial charge in [-0.05, 0) is 26.0 Å². The first-order chi connectivity index (χ1) is 8.61. The molecule has 0 aromatic carbocycles. The van der Waals surface area contributed by atoms with Crippen molar-refractivity contribution in [2.24, 2.45) is 0 Å². The summed E-state index contributed by atoms with van der Waals surface area (Å²) in [6, 6.07) is 3.84. The number of hydrogen-bond donors (Lipinski definition) is 2. The van der Waals surface area contributed by atoms with Gasteiger partial charge in [-0.2, -0.15) is 0 Å². The van der Waals surface area contributed by atoms with Gasteiger partial charge in [0, 0.05) is 13.7 Å². The Kier molecular flexibility index (Phi) is 6.97. The zero-order chi connectivity index (χ0) is 13.4. The second-order valence-corrected chi connectivity index (χ2v) is 4.40. The number of rotatable bonds is 9. The fraction of sp³-hybridized carbons (Fsp3) is 0.692. The topological polar surface area (TPSA) is 63.9 Å². The summed E-state index contributed by atoms with van der Waals surface area (Å²) < 4.78 is 15.8. The Morgan fingerprint density at radius 2 is 2.17 bits per heavy atom. The van der Waals surface area contributed by atoms with Crippen LogP contribution in [-0.2, 0) is 16.0 Å². The van der Waals surface area contributed by atoms with Crippen LogP contribution in [0.2, 0.25) is 0 Å². The van der Waals surface area contributed by atoms with Crippen molar-refractivity contribution in [1.82, 2.24) is 5.32 Å². The van der Waals surface area contributed by atoms with Crippen molar-refractivity contribution in [1.29, 1.82) is 0 Å². The zero-order valence-electron chi connectivity index (χ0n) is 11.3. The molecule has 104 valence electrons. The Morgan fingerprint density at radius 3 is 2.78 bits per heavy atom. The van der Waals surface area contributed by atoms with Crippen molar-refractivity contribution in [3.63, 3.8) is 0 Å². The van der Waals surface area contributed by atoms with Crippen molar-refractivity contribution in [3.05, 3.63) is 23.7 Å². The number of aryl methyl sites for hydroxylation is 1. The Balaban J connectivity index is 2.08. The number of nitrogens with one attached hydrogen (secondary N) is 1. The fourth-order valence-electron chi connectivity index (χ4n) is 1.56. The lowest BCUT2D eigenvalue weighted by atomic mass is 10.3. The number of aliphatic hydroxyl groups excluding tert-OH is 1. The molecule has 2 atom stereocenters. The summed E-state index contributed by atoms with van der Waals surface area (Å²) in [7, 11) is 1.63. The predicted molar refractivity (Wildman–Crippen MR) is 68.4 cm³/mol. The number of methoxy groups -OCH3 is 1. The van der Waals surface area contributed by atoms with E-state index in [9.17, 15) is 5.11 Å². The molecular weight excluding hydrogens is 234 g/mol. The molecule has 1 heterocycles. The van der Waals surface area contributed by atoms with Crippen LogP contribution in [0.5, 0.6) is 0 Å². The highest BCUT2D eigenvalue weighted by molar-refractivity contribution is 5.05. The van der Waals surface area contributed by atoms with Crippen molar-refractivity contribution in [2.75, 3.05) is 26.9 Å². The molecule has 0 bridgehead atoms. The minimum Gasteiger partial charge on any atom is -0.465 e. The zero-order valence-corrected chi connectivity index (χ0v) is 11.3. The summed E-state index contributed by atoms with van der Waals surface area (Å²) in [5.74, 6) is 1.76. The third kappa shape index (κ3) is 6.16. The van der Waals surface area contributed by atoms with E-state index in [0.717, 1.165) is 11.5 Å². The van der Waals surface area contributed by atoms with Crippen LogP contribution in [-0.4, -0.2) is 44.2 Å². The molecule has 0 saturated heterocycles. The summed E-state index contributed by atoms with van der Waals surface area (Å²) in [6.07, 6.45) is -0.530. The molecule has 2 unspecified atom stereocenters. The van der Waals surface area contributed by atoms with Crippen LogP contribution in [0.3, 0.4) is 0 Å². The monoisotopic (exact) mass is 257 g/mol. The molecule has 0 amide bonds. The first kappa shape index (κ1) is 15.2. The van der Waals surface area contributed by atoms with Gasteiger partial charge in [0.2, 0.25) is 0 Å². The molecule has 0 saturated carbocycles. The van der Waals surface area contributed by atoms with E-state index in [1.807, 2.05) is 26.0 Å². The first-order valence-electron chi connectivity index (χ1n) is 6.16. The van der Waals surface area contributed by atoms with Crippen LogP contribution in [0.1, 0.15) is 18.4 Å². The Labute approximate surface area is 108 Å². The number of ether oxygens (including phenoxy) is 2. The minimum atomic E-state index is -0.527. The largest absolute Gasteiger partial charge is 0.465 e. The van der Waals surface area contributed by atoms with Gasteiger partial charge in [0.05, 0.1) is 32.0 Å². The summed E-state index contributed by atoms with van der Waals surface area (Å²) in [5, 5.41) is 12.8. The molecular formula is C13H23NO4. The second kappa shape index (κ2) is 8.26. The summed E-state index contributed by atoms with van der Waals surface area (Å²) in [6.45, 7) is 5.73. The van der Waals surface area contributed by atoms with E-state index in [1.54, 1.807) is 7.11 Å². The fourth-order valence-corrected chi connectivity index (χ4v) is 1.56. The van der Waals surface area contributed by atoms with Crippen molar-refractivity contribution in [3.8, 4) is 0 Å². The third-order valence-corrected chi connectivity index (χ3v) is 2.45. The number of furan rings is 1. The lowest BCUT2D eigenvalue weighted by molar-refractivity contribution is -0.0311. The van der Waals surface area contributed by atoms with Gasteiger partial charge in [-0.3, -0.25) is 0 Å². The molecule has 0 aliphatic heterocycles. The van der Waals surface area contributed by atoms with Gasteiger partial charge in [-0.25, -0.2) is 0 Å². The molecule has 1 aromatic heterocycles. The summed E-state index contributed by atoms with van der Waals surface area (Å²) in [4.78, 5) is 0. The molecule has 0 aliphatic carbocycles. The Hall–Kier alpha value is -0.880. The number of hydrogen-bond acceptors (Lipinski definition) is 5. The lowest BCUT2D eigenvalue weighted by Crippen LogP contribution is -2.32. The van der Waals surface area contributed by atoms with E-state index in [-0.39, 0.29) is 6.10 Å². The van der Waals surface area contributed by atoms with Crippen LogP contribution in [0.25, 0.3) is 0 Å². The van der Waals surface area contributed by atoms with Crippen LogP contribution in [0, 0.1) is 6.92 Å². The molecule has 0 spiro atoms. The van der Waals surface area contributed by atoms with Gasteiger partial charge in [0.25, 0.3) is 0 Å². The van der Waals surface area contributed by atoms with Crippen LogP contribution in [0.15, 0.2) is 16.5 Å². The van der Waals surface area contributed by atoms with Gasteiger partial charge in [0.1, 0.15) is 11.5 Å². The average molecular weight is 257 g/mol. The molecule has 0 radical (unpaired) electrons. The maximum absolute atomic E-state index is 9.69.